The minimum Gasteiger partial charge on any atom is -0.398 e. The molecule has 0 spiro atoms. The molecule has 0 aliphatic heterocycles. The molecule has 96 valence electrons. The lowest BCUT2D eigenvalue weighted by Crippen LogP contribution is -2.43. The van der Waals surface area contributed by atoms with Crippen molar-refractivity contribution in [2.45, 2.75) is 31.7 Å². The maximum Gasteiger partial charge on any atom is 0.321 e. The van der Waals surface area contributed by atoms with E-state index in [-0.39, 0.29) is 6.04 Å². The van der Waals surface area contributed by atoms with Crippen LogP contribution in [0.15, 0.2) is 24.3 Å². The normalized spacial score (nSPS) is 15.3. The van der Waals surface area contributed by atoms with Crippen LogP contribution in [0.25, 0.3) is 0 Å². The van der Waals surface area contributed by atoms with Gasteiger partial charge in [0.05, 0.1) is 5.56 Å². The highest BCUT2D eigenvalue weighted by Gasteiger charge is 2.19. The molecule has 0 atom stereocenters. The first-order chi connectivity index (χ1) is 8.66. The zero-order valence-electron chi connectivity index (χ0n) is 10.1. The van der Waals surface area contributed by atoms with Crippen LogP contribution in [0.5, 0.6) is 0 Å². The van der Waals surface area contributed by atoms with Crippen molar-refractivity contribution in [2.75, 3.05) is 5.73 Å². The smallest absolute Gasteiger partial charge is 0.321 e. The van der Waals surface area contributed by atoms with E-state index in [2.05, 4.69) is 10.6 Å². The highest BCUT2D eigenvalue weighted by atomic mass is 16.2. The van der Waals surface area contributed by atoms with Crippen LogP contribution in [-0.2, 0) is 0 Å². The lowest BCUT2D eigenvalue weighted by atomic mass is 10.2. The molecule has 0 heterocycles. The second kappa shape index (κ2) is 5.53. The number of anilines is 1. The molecule has 0 aromatic heterocycles. The van der Waals surface area contributed by atoms with Gasteiger partial charge in [0.15, 0.2) is 0 Å². The largest absolute Gasteiger partial charge is 0.398 e. The first-order valence-corrected chi connectivity index (χ1v) is 6.13. The number of para-hydroxylation sites is 1. The molecule has 0 bridgehead atoms. The number of urea groups is 1. The van der Waals surface area contributed by atoms with Crippen LogP contribution in [0, 0.1) is 0 Å². The molecule has 18 heavy (non-hydrogen) atoms. The molecule has 0 unspecified atom stereocenters. The molecule has 1 aliphatic rings. The minimum absolute atomic E-state index is 0.186. The van der Waals surface area contributed by atoms with E-state index in [1.807, 2.05) is 0 Å². The molecular weight excluding hydrogens is 230 g/mol. The topological polar surface area (TPSA) is 84.2 Å². The van der Waals surface area contributed by atoms with Gasteiger partial charge >= 0.3 is 6.03 Å². The molecule has 1 aromatic carbocycles. The summed E-state index contributed by atoms with van der Waals surface area (Å²) in [7, 11) is 0. The highest BCUT2D eigenvalue weighted by molar-refractivity contribution is 6.07. The standard InChI is InChI=1S/C13H17N3O2/c14-11-8-4-3-7-10(11)12(17)16-13(18)15-9-5-1-2-6-9/h3-4,7-9H,1-2,5-6,14H2,(H2,15,16,17,18). The third kappa shape index (κ3) is 3.00. The molecule has 1 fully saturated rings. The third-order valence-corrected chi connectivity index (χ3v) is 3.12. The summed E-state index contributed by atoms with van der Waals surface area (Å²) in [6, 6.07) is 6.41. The summed E-state index contributed by atoms with van der Waals surface area (Å²) in [5, 5.41) is 5.08. The van der Waals surface area contributed by atoms with Crippen LogP contribution in [0.2, 0.25) is 0 Å². The fourth-order valence-electron chi connectivity index (χ4n) is 2.17. The second-order valence-electron chi connectivity index (χ2n) is 4.50. The van der Waals surface area contributed by atoms with Crippen LogP contribution in [0.4, 0.5) is 10.5 Å². The van der Waals surface area contributed by atoms with Crippen LogP contribution in [0.1, 0.15) is 36.0 Å². The monoisotopic (exact) mass is 247 g/mol. The molecule has 5 heteroatoms. The summed E-state index contributed by atoms with van der Waals surface area (Å²) in [6.45, 7) is 0. The van der Waals surface area contributed by atoms with Gasteiger partial charge in [0.2, 0.25) is 0 Å². The van der Waals surface area contributed by atoms with E-state index in [9.17, 15) is 9.59 Å². The number of carbonyl (C=O) groups excluding carboxylic acids is 2. The Kier molecular flexibility index (Phi) is 3.82. The number of nitrogen functional groups attached to an aromatic ring is 1. The SMILES string of the molecule is Nc1ccccc1C(=O)NC(=O)NC1CCCC1. The summed E-state index contributed by atoms with van der Waals surface area (Å²) in [6.07, 6.45) is 4.22. The maximum absolute atomic E-state index is 11.8. The average molecular weight is 247 g/mol. The predicted octanol–water partition coefficient (Wildman–Crippen LogP) is 1.65. The summed E-state index contributed by atoms with van der Waals surface area (Å²) < 4.78 is 0. The van der Waals surface area contributed by atoms with Gasteiger partial charge in [-0.15, -0.1) is 0 Å². The van der Waals surface area contributed by atoms with Crippen molar-refractivity contribution in [3.63, 3.8) is 0 Å². The number of nitrogens with one attached hydrogen (secondary N) is 2. The lowest BCUT2D eigenvalue weighted by Gasteiger charge is -2.12. The molecule has 1 saturated carbocycles. The first kappa shape index (κ1) is 12.4. The van der Waals surface area contributed by atoms with Crippen LogP contribution >= 0.6 is 0 Å². The molecule has 2 rings (SSSR count). The van der Waals surface area contributed by atoms with Gasteiger partial charge in [-0.05, 0) is 25.0 Å². The molecule has 4 N–H and O–H groups in total. The zero-order chi connectivity index (χ0) is 13.0. The Bertz CT molecular complexity index is 453. The van der Waals surface area contributed by atoms with E-state index in [1.165, 1.54) is 0 Å². The Morgan fingerprint density at radius 2 is 1.83 bits per heavy atom. The van der Waals surface area contributed by atoms with E-state index in [0.717, 1.165) is 25.7 Å². The molecule has 3 amide bonds. The van der Waals surface area contributed by atoms with E-state index in [0.29, 0.717) is 11.3 Å². The van der Waals surface area contributed by atoms with Crippen molar-refractivity contribution in [1.29, 1.82) is 0 Å². The van der Waals surface area contributed by atoms with Gasteiger partial charge in [-0.25, -0.2) is 4.79 Å². The third-order valence-electron chi connectivity index (χ3n) is 3.12. The van der Waals surface area contributed by atoms with Gasteiger partial charge in [-0.3, -0.25) is 10.1 Å². The average Bonchev–Trinajstić information content (AvgIpc) is 2.82. The Hall–Kier alpha value is -2.04. The summed E-state index contributed by atoms with van der Waals surface area (Å²) in [5.74, 6) is -0.469. The molecule has 5 nitrogen and oxygen atoms in total. The number of nitrogens with two attached hydrogens (primary N) is 1. The Balaban J connectivity index is 1.91. The van der Waals surface area contributed by atoms with Crippen LogP contribution in [0.3, 0.4) is 0 Å². The summed E-state index contributed by atoms with van der Waals surface area (Å²) >= 11 is 0. The van der Waals surface area contributed by atoms with E-state index in [1.54, 1.807) is 24.3 Å². The Morgan fingerprint density at radius 3 is 2.50 bits per heavy atom. The summed E-state index contributed by atoms with van der Waals surface area (Å²) in [4.78, 5) is 23.4. The van der Waals surface area contributed by atoms with Gasteiger partial charge < -0.3 is 11.1 Å². The zero-order valence-corrected chi connectivity index (χ0v) is 10.1. The Morgan fingerprint density at radius 1 is 1.17 bits per heavy atom. The van der Waals surface area contributed by atoms with Crippen LogP contribution in [-0.4, -0.2) is 18.0 Å². The summed E-state index contributed by atoms with van der Waals surface area (Å²) in [5.41, 5.74) is 6.35. The van der Waals surface area contributed by atoms with Crippen molar-refractivity contribution in [3.8, 4) is 0 Å². The fourth-order valence-corrected chi connectivity index (χ4v) is 2.17. The van der Waals surface area contributed by atoms with Gasteiger partial charge in [0.25, 0.3) is 5.91 Å². The predicted molar refractivity (Wildman–Crippen MR) is 69.1 cm³/mol. The fraction of sp³-hybridized carbons (Fsp3) is 0.385. The van der Waals surface area contributed by atoms with Crippen molar-refractivity contribution in [2.24, 2.45) is 0 Å². The van der Waals surface area contributed by atoms with Gasteiger partial charge in [0, 0.05) is 11.7 Å². The van der Waals surface area contributed by atoms with Crippen molar-refractivity contribution >= 4 is 17.6 Å². The number of benzene rings is 1. The lowest BCUT2D eigenvalue weighted by molar-refractivity contribution is 0.0964. The van der Waals surface area contributed by atoms with E-state index in [4.69, 9.17) is 5.73 Å². The van der Waals surface area contributed by atoms with Crippen molar-refractivity contribution < 1.29 is 9.59 Å². The quantitative estimate of drug-likeness (QED) is 0.695. The van der Waals surface area contributed by atoms with Gasteiger partial charge in [-0.2, -0.15) is 0 Å². The van der Waals surface area contributed by atoms with E-state index >= 15 is 0 Å². The number of hydrogen-bond donors (Lipinski definition) is 3. The number of hydrogen-bond acceptors (Lipinski definition) is 3. The number of amides is 3. The highest BCUT2D eigenvalue weighted by Crippen LogP contribution is 2.17. The maximum atomic E-state index is 11.8. The number of rotatable bonds is 2. The Labute approximate surface area is 106 Å². The molecular formula is C13H17N3O2. The first-order valence-electron chi connectivity index (χ1n) is 6.13. The second-order valence-corrected chi connectivity index (χ2v) is 4.50. The van der Waals surface area contributed by atoms with E-state index < -0.39 is 11.9 Å². The number of carbonyl (C=O) groups is 2. The van der Waals surface area contributed by atoms with Gasteiger partial charge in [0.1, 0.15) is 0 Å². The molecule has 0 radical (unpaired) electrons. The van der Waals surface area contributed by atoms with Crippen LogP contribution < -0.4 is 16.4 Å². The van der Waals surface area contributed by atoms with Gasteiger partial charge in [-0.1, -0.05) is 25.0 Å². The van der Waals surface area contributed by atoms with Crippen molar-refractivity contribution in [3.05, 3.63) is 29.8 Å². The minimum atomic E-state index is -0.469. The number of imide groups is 1. The molecule has 0 saturated heterocycles. The van der Waals surface area contributed by atoms with Crippen molar-refractivity contribution in [1.82, 2.24) is 10.6 Å². The molecule has 1 aromatic rings. The molecule has 1 aliphatic carbocycles.